The van der Waals surface area contributed by atoms with Crippen molar-refractivity contribution in [2.75, 3.05) is 17.2 Å². The number of aromatic nitrogens is 7. The Hall–Kier alpha value is -5.06. The van der Waals surface area contributed by atoms with Gasteiger partial charge in [0.25, 0.3) is 5.91 Å². The smallest absolute Gasteiger partial charge is 0.322 e. The third-order valence-electron chi connectivity index (χ3n) is 7.02. The fraction of sp³-hybridized carbons (Fsp3) is 0.214. The summed E-state index contributed by atoms with van der Waals surface area (Å²) in [5.41, 5.74) is 11.5. The molecule has 196 valence electrons. The Morgan fingerprint density at radius 2 is 1.87 bits per heavy atom. The molecule has 0 saturated carbocycles. The fourth-order valence-electron chi connectivity index (χ4n) is 5.15. The maximum Gasteiger partial charge on any atom is 0.322 e. The molecule has 5 heterocycles. The van der Waals surface area contributed by atoms with Gasteiger partial charge in [0.05, 0.1) is 16.8 Å². The van der Waals surface area contributed by atoms with Crippen LogP contribution in [0.25, 0.3) is 33.7 Å². The van der Waals surface area contributed by atoms with Crippen LogP contribution in [0.1, 0.15) is 17.8 Å². The largest absolute Gasteiger partial charge is 0.424 e. The molecule has 0 aliphatic carbocycles. The van der Waals surface area contributed by atoms with Gasteiger partial charge in [-0.05, 0) is 49.6 Å². The van der Waals surface area contributed by atoms with Crippen LogP contribution in [0.4, 0.5) is 11.6 Å². The lowest BCUT2D eigenvalue weighted by atomic mass is 10.0. The number of imidazole rings is 1. The van der Waals surface area contributed by atoms with Crippen molar-refractivity contribution in [1.82, 2.24) is 34.1 Å². The molecule has 1 aromatic carbocycles. The van der Waals surface area contributed by atoms with Gasteiger partial charge in [-0.1, -0.05) is 18.7 Å². The van der Waals surface area contributed by atoms with Gasteiger partial charge in [-0.2, -0.15) is 0 Å². The molecule has 5 aromatic rings. The normalized spacial score (nSPS) is 12.9. The van der Waals surface area contributed by atoms with E-state index < -0.39 is 0 Å². The van der Waals surface area contributed by atoms with Crippen molar-refractivity contribution in [3.8, 4) is 34.4 Å². The molecule has 0 spiro atoms. The number of anilines is 2. The first kappa shape index (κ1) is 24.3. The molecule has 11 heteroatoms. The average molecular weight is 522 g/mol. The SMILES string of the molecule is C=CC(=O)N1CCCc2c1nc(-c1c(-c3ccc(Oc4nccc(C)n4)cc3)c3c(N)ncnc3n1C)n2C. The van der Waals surface area contributed by atoms with E-state index in [4.69, 9.17) is 15.5 Å². The monoisotopic (exact) mass is 521 g/mol. The number of fused-ring (bicyclic) bond motifs is 2. The molecule has 4 aromatic heterocycles. The summed E-state index contributed by atoms with van der Waals surface area (Å²) in [5.74, 6) is 2.16. The number of hydrogen-bond donors (Lipinski definition) is 1. The predicted octanol–water partition coefficient (Wildman–Crippen LogP) is 3.97. The third kappa shape index (κ3) is 3.99. The number of nitrogens with zero attached hydrogens (tertiary/aromatic N) is 8. The van der Waals surface area contributed by atoms with Crippen LogP contribution < -0.4 is 15.4 Å². The van der Waals surface area contributed by atoms with Crippen molar-refractivity contribution in [3.05, 3.63) is 66.9 Å². The number of rotatable bonds is 5. The summed E-state index contributed by atoms with van der Waals surface area (Å²) < 4.78 is 9.88. The van der Waals surface area contributed by atoms with Gasteiger partial charge in [0, 0.05) is 38.1 Å². The minimum absolute atomic E-state index is 0.166. The first-order valence-electron chi connectivity index (χ1n) is 12.5. The molecule has 11 nitrogen and oxygen atoms in total. The first-order chi connectivity index (χ1) is 18.9. The highest BCUT2D eigenvalue weighted by Crippen LogP contribution is 2.43. The molecule has 0 unspecified atom stereocenters. The van der Waals surface area contributed by atoms with Crippen molar-refractivity contribution < 1.29 is 9.53 Å². The van der Waals surface area contributed by atoms with Crippen LogP contribution in [0.3, 0.4) is 0 Å². The van der Waals surface area contributed by atoms with E-state index in [0.717, 1.165) is 46.4 Å². The van der Waals surface area contributed by atoms with E-state index in [1.165, 1.54) is 12.4 Å². The van der Waals surface area contributed by atoms with E-state index in [0.29, 0.717) is 35.4 Å². The Labute approximate surface area is 224 Å². The Morgan fingerprint density at radius 3 is 2.62 bits per heavy atom. The topological polar surface area (TPSA) is 130 Å². The molecule has 1 amide bonds. The number of carbonyl (C=O) groups excluding carboxylic acids is 1. The van der Waals surface area contributed by atoms with Crippen molar-refractivity contribution in [1.29, 1.82) is 0 Å². The Morgan fingerprint density at radius 1 is 1.08 bits per heavy atom. The van der Waals surface area contributed by atoms with E-state index in [9.17, 15) is 4.79 Å². The summed E-state index contributed by atoms with van der Waals surface area (Å²) in [4.78, 5) is 36.6. The molecule has 0 bridgehead atoms. The zero-order chi connectivity index (χ0) is 27.3. The van der Waals surface area contributed by atoms with Crippen LogP contribution >= 0.6 is 0 Å². The van der Waals surface area contributed by atoms with Crippen molar-refractivity contribution in [3.63, 3.8) is 0 Å². The Bertz CT molecular complexity index is 1750. The molecular formula is C28H27N9O2. The molecule has 0 fully saturated rings. The number of benzene rings is 1. The Kier molecular flexibility index (Phi) is 5.82. The predicted molar refractivity (Wildman–Crippen MR) is 148 cm³/mol. The lowest BCUT2D eigenvalue weighted by molar-refractivity contribution is -0.114. The number of hydrogen-bond acceptors (Lipinski definition) is 8. The summed E-state index contributed by atoms with van der Waals surface area (Å²) in [6.07, 6.45) is 6.10. The molecule has 39 heavy (non-hydrogen) atoms. The second-order valence-corrected chi connectivity index (χ2v) is 9.41. The number of nitrogen functional groups attached to an aromatic ring is 1. The van der Waals surface area contributed by atoms with Gasteiger partial charge in [0.15, 0.2) is 11.6 Å². The van der Waals surface area contributed by atoms with Gasteiger partial charge in [0.1, 0.15) is 23.5 Å². The zero-order valence-electron chi connectivity index (χ0n) is 21.9. The minimum Gasteiger partial charge on any atom is -0.424 e. The molecule has 2 N–H and O–H groups in total. The highest BCUT2D eigenvalue weighted by atomic mass is 16.5. The summed E-state index contributed by atoms with van der Waals surface area (Å²) in [7, 11) is 3.90. The summed E-state index contributed by atoms with van der Waals surface area (Å²) in [5, 5.41) is 0.727. The van der Waals surface area contributed by atoms with Crippen LogP contribution in [-0.4, -0.2) is 46.5 Å². The maximum absolute atomic E-state index is 12.6. The van der Waals surface area contributed by atoms with Gasteiger partial charge in [0.2, 0.25) is 0 Å². The van der Waals surface area contributed by atoms with Gasteiger partial charge < -0.3 is 19.6 Å². The van der Waals surface area contributed by atoms with E-state index in [1.54, 1.807) is 11.1 Å². The van der Waals surface area contributed by atoms with Gasteiger partial charge in [-0.25, -0.2) is 24.9 Å². The zero-order valence-corrected chi connectivity index (χ0v) is 21.9. The first-order valence-corrected chi connectivity index (χ1v) is 12.5. The number of nitrogens with two attached hydrogens (primary N) is 1. The highest BCUT2D eigenvalue weighted by molar-refractivity contribution is 6.07. The van der Waals surface area contributed by atoms with Crippen LogP contribution in [0.2, 0.25) is 0 Å². The summed E-state index contributed by atoms with van der Waals surface area (Å²) in [6, 6.07) is 9.71. The summed E-state index contributed by atoms with van der Waals surface area (Å²) >= 11 is 0. The Balaban J connectivity index is 1.52. The average Bonchev–Trinajstić information content (AvgIpc) is 3.43. The maximum atomic E-state index is 12.6. The molecular weight excluding hydrogens is 494 g/mol. The van der Waals surface area contributed by atoms with Gasteiger partial charge in [-0.3, -0.25) is 9.69 Å². The van der Waals surface area contributed by atoms with E-state index in [-0.39, 0.29) is 11.9 Å². The number of carbonyl (C=O) groups is 1. The van der Waals surface area contributed by atoms with Crippen LogP contribution in [0.15, 0.2) is 55.5 Å². The quantitative estimate of drug-likeness (QED) is 0.344. The standard InChI is InChI=1S/C28H27N9O2/c1-5-20(38)37-14-6-7-19-25(37)34-27(35(19)3)23-21(22-24(29)31-15-32-26(22)36(23)4)17-8-10-18(11-9-17)39-28-30-13-12-16(2)33-28/h5,8-13,15H,1,6-7,14H2,2-4H3,(H2,29,31,32). The van der Waals surface area contributed by atoms with E-state index in [1.807, 2.05) is 60.5 Å². The van der Waals surface area contributed by atoms with Crippen LogP contribution in [0, 0.1) is 6.92 Å². The van der Waals surface area contributed by atoms with Crippen molar-refractivity contribution in [2.24, 2.45) is 14.1 Å². The van der Waals surface area contributed by atoms with E-state index >= 15 is 0 Å². The molecule has 0 saturated heterocycles. The second kappa shape index (κ2) is 9.35. The van der Waals surface area contributed by atoms with Gasteiger partial charge in [-0.15, -0.1) is 0 Å². The van der Waals surface area contributed by atoms with E-state index in [2.05, 4.69) is 26.5 Å². The number of amides is 1. The third-order valence-corrected chi connectivity index (χ3v) is 7.02. The molecule has 1 aliphatic rings. The second-order valence-electron chi connectivity index (χ2n) is 9.41. The van der Waals surface area contributed by atoms with Gasteiger partial charge >= 0.3 is 6.01 Å². The van der Waals surface area contributed by atoms with Crippen molar-refractivity contribution in [2.45, 2.75) is 19.8 Å². The lowest BCUT2D eigenvalue weighted by Gasteiger charge is -2.24. The summed E-state index contributed by atoms with van der Waals surface area (Å²) in [6.45, 7) is 6.14. The minimum atomic E-state index is -0.166. The molecule has 0 radical (unpaired) electrons. The molecule has 6 rings (SSSR count). The fourth-order valence-corrected chi connectivity index (χ4v) is 5.15. The highest BCUT2D eigenvalue weighted by Gasteiger charge is 2.31. The molecule has 1 aliphatic heterocycles. The van der Waals surface area contributed by atoms with Crippen LogP contribution in [-0.2, 0) is 25.3 Å². The number of aryl methyl sites for hydroxylation is 2. The lowest BCUT2D eigenvalue weighted by Crippen LogP contribution is -2.34. The molecule has 0 atom stereocenters. The number of ether oxygens (including phenoxy) is 1. The van der Waals surface area contributed by atoms with Crippen molar-refractivity contribution >= 4 is 28.6 Å². The van der Waals surface area contributed by atoms with Crippen LogP contribution in [0.5, 0.6) is 11.8 Å².